The maximum Gasteiger partial charge on any atom is 0.102 e. The number of aliphatic hydroxyl groups is 1. The molecule has 108 valence electrons. The van der Waals surface area contributed by atoms with Gasteiger partial charge in [0.2, 0.25) is 0 Å². The summed E-state index contributed by atoms with van der Waals surface area (Å²) < 4.78 is 0. The van der Waals surface area contributed by atoms with Gasteiger partial charge in [-0.2, -0.15) is 5.26 Å². The van der Waals surface area contributed by atoms with E-state index in [-0.39, 0.29) is 12.6 Å². The second-order valence-electron chi connectivity index (χ2n) is 4.51. The highest BCUT2D eigenvalue weighted by atomic mass is 32.2. The average Bonchev–Trinajstić information content (AvgIpc) is 2.54. The molecule has 0 aliphatic carbocycles. The summed E-state index contributed by atoms with van der Waals surface area (Å²) in [5, 5.41) is 22.3. The van der Waals surface area contributed by atoms with E-state index in [4.69, 9.17) is 0 Å². The van der Waals surface area contributed by atoms with Gasteiger partial charge in [0.05, 0.1) is 23.9 Å². The minimum absolute atomic E-state index is 0.0277. The number of anilines is 1. The molecule has 0 heterocycles. The van der Waals surface area contributed by atoms with Crippen molar-refractivity contribution in [1.29, 1.82) is 5.26 Å². The topological polar surface area (TPSA) is 56.0 Å². The van der Waals surface area contributed by atoms with Crippen molar-refractivity contribution in [3.63, 3.8) is 0 Å². The largest absolute Gasteiger partial charge is 0.394 e. The normalized spacial score (nSPS) is 11.7. The van der Waals surface area contributed by atoms with Crippen molar-refractivity contribution in [1.82, 2.24) is 0 Å². The first-order valence-electron chi connectivity index (χ1n) is 6.88. The molecule has 1 unspecified atom stereocenters. The quantitative estimate of drug-likeness (QED) is 0.796. The summed E-state index contributed by atoms with van der Waals surface area (Å²) in [4.78, 5) is 0.967. The predicted molar refractivity (Wildman–Crippen MR) is 87.4 cm³/mol. The van der Waals surface area contributed by atoms with Crippen LogP contribution in [0.3, 0.4) is 0 Å². The van der Waals surface area contributed by atoms with Gasteiger partial charge in [0, 0.05) is 4.90 Å². The van der Waals surface area contributed by atoms with E-state index in [2.05, 4.69) is 18.3 Å². The van der Waals surface area contributed by atoms with Crippen molar-refractivity contribution in [2.75, 3.05) is 17.7 Å². The van der Waals surface area contributed by atoms with Gasteiger partial charge in [0.25, 0.3) is 0 Å². The maximum absolute atomic E-state index is 9.63. The lowest BCUT2D eigenvalue weighted by molar-refractivity contribution is 0.276. The van der Waals surface area contributed by atoms with E-state index in [9.17, 15) is 10.4 Å². The number of rotatable bonds is 6. The van der Waals surface area contributed by atoms with Crippen LogP contribution in [0.1, 0.15) is 24.1 Å². The van der Waals surface area contributed by atoms with Gasteiger partial charge in [0.15, 0.2) is 0 Å². The second-order valence-corrected chi connectivity index (χ2v) is 5.82. The Morgan fingerprint density at radius 2 is 1.95 bits per heavy atom. The van der Waals surface area contributed by atoms with E-state index in [1.807, 2.05) is 48.5 Å². The highest BCUT2D eigenvalue weighted by molar-refractivity contribution is 7.99. The Balaban J connectivity index is 2.30. The zero-order valence-corrected chi connectivity index (χ0v) is 12.7. The number of hydrogen-bond acceptors (Lipinski definition) is 4. The lowest BCUT2D eigenvalue weighted by Crippen LogP contribution is -2.15. The second kappa shape index (κ2) is 7.72. The van der Waals surface area contributed by atoms with Gasteiger partial charge in [-0.05, 0) is 23.4 Å². The van der Waals surface area contributed by atoms with Gasteiger partial charge < -0.3 is 10.4 Å². The molecule has 0 aliphatic heterocycles. The minimum Gasteiger partial charge on any atom is -0.394 e. The Bertz CT molecular complexity index is 622. The molecular weight excluding hydrogens is 280 g/mol. The number of aliphatic hydroxyl groups excluding tert-OH is 1. The number of hydrogen-bond donors (Lipinski definition) is 2. The number of benzene rings is 2. The molecule has 0 aliphatic rings. The fourth-order valence-electron chi connectivity index (χ4n) is 2.15. The first-order valence-corrected chi connectivity index (χ1v) is 7.87. The predicted octanol–water partition coefficient (Wildman–Crippen LogP) is 3.82. The third kappa shape index (κ3) is 3.78. The minimum atomic E-state index is -0.222. The van der Waals surface area contributed by atoms with Gasteiger partial charge in [0.1, 0.15) is 6.07 Å². The molecule has 3 nitrogen and oxygen atoms in total. The molecule has 2 aromatic rings. The van der Waals surface area contributed by atoms with Crippen LogP contribution in [-0.2, 0) is 0 Å². The Kier molecular flexibility index (Phi) is 5.68. The third-order valence-corrected chi connectivity index (χ3v) is 4.09. The van der Waals surface area contributed by atoms with Crippen LogP contribution >= 0.6 is 11.8 Å². The Morgan fingerprint density at radius 1 is 1.19 bits per heavy atom. The highest BCUT2D eigenvalue weighted by Gasteiger charge is 2.14. The van der Waals surface area contributed by atoms with Crippen LogP contribution in [0.2, 0.25) is 0 Å². The molecule has 0 radical (unpaired) electrons. The van der Waals surface area contributed by atoms with Crippen LogP contribution in [0.4, 0.5) is 5.69 Å². The van der Waals surface area contributed by atoms with Crippen LogP contribution in [0, 0.1) is 11.3 Å². The first-order chi connectivity index (χ1) is 10.3. The van der Waals surface area contributed by atoms with Crippen LogP contribution in [0.25, 0.3) is 0 Å². The van der Waals surface area contributed by atoms with E-state index in [1.165, 1.54) is 0 Å². The van der Waals surface area contributed by atoms with Crippen molar-refractivity contribution >= 4 is 17.4 Å². The van der Waals surface area contributed by atoms with E-state index < -0.39 is 0 Å². The number of nitriles is 1. The molecule has 2 rings (SSSR count). The molecule has 0 fully saturated rings. The maximum atomic E-state index is 9.63. The van der Waals surface area contributed by atoms with Crippen molar-refractivity contribution in [2.24, 2.45) is 0 Å². The fourth-order valence-corrected chi connectivity index (χ4v) is 2.94. The summed E-state index contributed by atoms with van der Waals surface area (Å²) in [6, 6.07) is 17.6. The summed E-state index contributed by atoms with van der Waals surface area (Å²) >= 11 is 1.65. The van der Waals surface area contributed by atoms with E-state index in [1.54, 1.807) is 11.8 Å². The molecule has 2 N–H and O–H groups in total. The van der Waals surface area contributed by atoms with E-state index >= 15 is 0 Å². The van der Waals surface area contributed by atoms with Gasteiger partial charge in [-0.25, -0.2) is 0 Å². The Hall–Kier alpha value is -1.96. The molecule has 0 saturated carbocycles. The summed E-state index contributed by atoms with van der Waals surface area (Å²) in [7, 11) is 0. The van der Waals surface area contributed by atoms with Crippen LogP contribution < -0.4 is 5.32 Å². The smallest absolute Gasteiger partial charge is 0.102 e. The SMILES string of the molecule is CCSc1cccc(NC(CO)c2ccccc2)c1C#N. The zero-order chi connectivity index (χ0) is 15.1. The molecule has 0 amide bonds. The highest BCUT2D eigenvalue weighted by Crippen LogP contribution is 2.30. The van der Waals surface area contributed by atoms with Gasteiger partial charge in [-0.3, -0.25) is 0 Å². The molecule has 4 heteroatoms. The molecule has 1 atom stereocenters. The van der Waals surface area contributed by atoms with E-state index in [0.717, 1.165) is 21.9 Å². The lowest BCUT2D eigenvalue weighted by atomic mass is 10.1. The van der Waals surface area contributed by atoms with Crippen molar-refractivity contribution in [3.8, 4) is 6.07 Å². The molecule has 2 aromatic carbocycles. The first kappa shape index (κ1) is 15.4. The molecular formula is C17H18N2OS. The number of thioether (sulfide) groups is 1. The van der Waals surface area contributed by atoms with Crippen LogP contribution in [0.15, 0.2) is 53.4 Å². The molecule has 0 bridgehead atoms. The van der Waals surface area contributed by atoms with Crippen LogP contribution in [-0.4, -0.2) is 17.5 Å². The summed E-state index contributed by atoms with van der Waals surface area (Å²) in [6.45, 7) is 2.03. The molecule has 0 aromatic heterocycles. The van der Waals surface area contributed by atoms with Crippen molar-refractivity contribution in [2.45, 2.75) is 17.9 Å². The lowest BCUT2D eigenvalue weighted by Gasteiger charge is -2.19. The number of nitrogens with one attached hydrogen (secondary N) is 1. The summed E-state index contributed by atoms with van der Waals surface area (Å²) in [5.41, 5.74) is 2.40. The Labute approximate surface area is 129 Å². The van der Waals surface area contributed by atoms with Gasteiger partial charge in [-0.1, -0.05) is 43.3 Å². The third-order valence-electron chi connectivity index (χ3n) is 3.15. The van der Waals surface area contributed by atoms with Crippen molar-refractivity contribution < 1.29 is 5.11 Å². The standard InChI is InChI=1S/C17H18N2OS/c1-2-21-17-10-6-9-15(14(17)11-18)19-16(12-20)13-7-4-3-5-8-13/h3-10,16,19-20H,2,12H2,1H3. The average molecular weight is 298 g/mol. The van der Waals surface area contributed by atoms with E-state index in [0.29, 0.717) is 5.56 Å². The fraction of sp³-hybridized carbons (Fsp3) is 0.235. The van der Waals surface area contributed by atoms with Gasteiger partial charge >= 0.3 is 0 Å². The van der Waals surface area contributed by atoms with Crippen molar-refractivity contribution in [3.05, 3.63) is 59.7 Å². The summed E-state index contributed by atoms with van der Waals surface area (Å²) in [5.74, 6) is 0.917. The monoisotopic (exact) mass is 298 g/mol. The molecule has 0 saturated heterocycles. The van der Waals surface area contributed by atoms with Crippen LogP contribution in [0.5, 0.6) is 0 Å². The van der Waals surface area contributed by atoms with Gasteiger partial charge in [-0.15, -0.1) is 11.8 Å². The zero-order valence-electron chi connectivity index (χ0n) is 11.9. The molecule has 0 spiro atoms. The Morgan fingerprint density at radius 3 is 2.57 bits per heavy atom. The summed E-state index contributed by atoms with van der Waals surface area (Å²) in [6.07, 6.45) is 0. The molecule has 21 heavy (non-hydrogen) atoms. The number of nitrogens with zero attached hydrogens (tertiary/aromatic N) is 1.